The lowest BCUT2D eigenvalue weighted by atomic mass is 10.1. The van der Waals surface area contributed by atoms with E-state index in [4.69, 9.17) is 4.74 Å². The van der Waals surface area contributed by atoms with Gasteiger partial charge in [0.15, 0.2) is 11.6 Å². The fourth-order valence-electron chi connectivity index (χ4n) is 3.74. The number of ether oxygens (including phenoxy) is 1. The van der Waals surface area contributed by atoms with Crippen molar-refractivity contribution in [2.75, 3.05) is 25.0 Å². The number of piperidine rings is 1. The molecule has 4 rings (SSSR count). The Morgan fingerprint density at radius 2 is 2.03 bits per heavy atom. The van der Waals surface area contributed by atoms with Crippen LogP contribution in [0.4, 0.5) is 16.0 Å². The number of nitrogens with one attached hydrogen (secondary N) is 1. The number of rotatable bonds is 7. The maximum atomic E-state index is 14.3. The van der Waals surface area contributed by atoms with E-state index in [2.05, 4.69) is 20.4 Å². The second-order valence-electron chi connectivity index (χ2n) is 7.80. The van der Waals surface area contributed by atoms with Gasteiger partial charge in [0.1, 0.15) is 6.54 Å². The van der Waals surface area contributed by atoms with Crippen LogP contribution in [-0.4, -0.2) is 50.3 Å². The third-order valence-corrected chi connectivity index (χ3v) is 5.37. The zero-order chi connectivity index (χ0) is 22.5. The van der Waals surface area contributed by atoms with Crippen LogP contribution >= 0.6 is 0 Å². The van der Waals surface area contributed by atoms with Gasteiger partial charge in [-0.2, -0.15) is 5.10 Å². The first kappa shape index (κ1) is 21.7. The number of amides is 1. The SMILES string of the molecule is CCOc1ccc(-c2nc(Nc3cnn(CC(=O)N4CCCCC4)c3)ncc2C)cc1F. The van der Waals surface area contributed by atoms with Crippen LogP contribution in [0.15, 0.2) is 36.8 Å². The van der Waals surface area contributed by atoms with Crippen molar-refractivity contribution in [2.24, 2.45) is 0 Å². The maximum Gasteiger partial charge on any atom is 0.244 e. The van der Waals surface area contributed by atoms with Gasteiger partial charge in [-0.25, -0.2) is 14.4 Å². The fraction of sp³-hybridized carbons (Fsp3) is 0.391. The van der Waals surface area contributed by atoms with Crippen molar-refractivity contribution in [2.45, 2.75) is 39.7 Å². The number of likely N-dealkylation sites (tertiary alicyclic amines) is 1. The molecule has 0 bridgehead atoms. The van der Waals surface area contributed by atoms with Crippen LogP contribution in [0.3, 0.4) is 0 Å². The summed E-state index contributed by atoms with van der Waals surface area (Å²) in [5.41, 5.74) is 2.75. The Hall–Kier alpha value is -3.49. The topological polar surface area (TPSA) is 85.2 Å². The molecule has 8 nitrogen and oxygen atoms in total. The number of aromatic nitrogens is 4. The molecule has 1 aliphatic rings. The molecule has 9 heteroatoms. The third-order valence-electron chi connectivity index (χ3n) is 5.37. The standard InChI is InChI=1S/C23H27FN6O2/c1-3-32-20-8-7-17(11-19(20)24)22-16(2)12-25-23(28-22)27-18-13-26-30(14-18)15-21(31)29-9-5-4-6-10-29/h7-8,11-14H,3-6,9-10,15H2,1-2H3,(H,25,27,28). The van der Waals surface area contributed by atoms with Gasteiger partial charge < -0.3 is 15.0 Å². The van der Waals surface area contributed by atoms with Crippen molar-refractivity contribution in [3.8, 4) is 17.0 Å². The predicted octanol–water partition coefficient (Wildman–Crippen LogP) is 3.94. The average Bonchev–Trinajstić information content (AvgIpc) is 3.24. The highest BCUT2D eigenvalue weighted by molar-refractivity contribution is 5.76. The molecule has 0 saturated carbocycles. The molecular formula is C23H27FN6O2. The molecule has 168 valence electrons. The van der Waals surface area contributed by atoms with E-state index in [9.17, 15) is 9.18 Å². The van der Waals surface area contributed by atoms with Gasteiger partial charge >= 0.3 is 0 Å². The van der Waals surface area contributed by atoms with E-state index in [1.54, 1.807) is 35.4 Å². The van der Waals surface area contributed by atoms with E-state index < -0.39 is 5.82 Å². The van der Waals surface area contributed by atoms with Crippen molar-refractivity contribution in [1.82, 2.24) is 24.6 Å². The molecule has 1 amide bonds. The predicted molar refractivity (Wildman–Crippen MR) is 119 cm³/mol. The first-order chi connectivity index (χ1) is 15.5. The molecule has 0 atom stereocenters. The number of benzene rings is 1. The van der Waals surface area contributed by atoms with Crippen LogP contribution in [0.2, 0.25) is 0 Å². The van der Waals surface area contributed by atoms with Gasteiger partial charge in [0.2, 0.25) is 11.9 Å². The number of hydrogen-bond donors (Lipinski definition) is 1. The Morgan fingerprint density at radius 1 is 1.22 bits per heavy atom. The second kappa shape index (κ2) is 9.76. The molecule has 2 aromatic heterocycles. The molecule has 3 heterocycles. The smallest absolute Gasteiger partial charge is 0.244 e. The summed E-state index contributed by atoms with van der Waals surface area (Å²) in [5.74, 6) is 0.219. The Labute approximate surface area is 186 Å². The Kier molecular flexibility index (Phi) is 6.63. The lowest BCUT2D eigenvalue weighted by Crippen LogP contribution is -2.37. The molecule has 32 heavy (non-hydrogen) atoms. The van der Waals surface area contributed by atoms with Gasteiger partial charge in [0, 0.05) is 31.0 Å². The summed E-state index contributed by atoms with van der Waals surface area (Å²) in [6.07, 6.45) is 8.36. The highest BCUT2D eigenvalue weighted by atomic mass is 19.1. The quantitative estimate of drug-likeness (QED) is 0.601. The number of carbonyl (C=O) groups excluding carboxylic acids is 1. The van der Waals surface area contributed by atoms with Gasteiger partial charge in [-0.1, -0.05) is 0 Å². The Balaban J connectivity index is 1.46. The first-order valence-electron chi connectivity index (χ1n) is 10.9. The first-order valence-corrected chi connectivity index (χ1v) is 10.9. The van der Waals surface area contributed by atoms with Crippen molar-refractivity contribution in [3.05, 3.63) is 48.2 Å². The van der Waals surface area contributed by atoms with Crippen LogP contribution < -0.4 is 10.1 Å². The van der Waals surface area contributed by atoms with Crippen molar-refractivity contribution in [1.29, 1.82) is 0 Å². The van der Waals surface area contributed by atoms with Crippen molar-refractivity contribution >= 4 is 17.5 Å². The van der Waals surface area contributed by atoms with E-state index in [1.807, 2.05) is 18.7 Å². The molecule has 0 radical (unpaired) electrons. The number of anilines is 2. The molecule has 1 N–H and O–H groups in total. The number of halogens is 1. The number of aryl methyl sites for hydroxylation is 1. The van der Waals surface area contributed by atoms with Gasteiger partial charge in [0.25, 0.3) is 0 Å². The van der Waals surface area contributed by atoms with E-state index >= 15 is 0 Å². The summed E-state index contributed by atoms with van der Waals surface area (Å²) >= 11 is 0. The lowest BCUT2D eigenvalue weighted by molar-refractivity contribution is -0.132. The molecule has 1 aliphatic heterocycles. The molecule has 1 fully saturated rings. The van der Waals surface area contributed by atoms with Crippen LogP contribution in [0, 0.1) is 12.7 Å². The van der Waals surface area contributed by atoms with Gasteiger partial charge in [0.05, 0.1) is 24.2 Å². The zero-order valence-electron chi connectivity index (χ0n) is 18.3. The minimum absolute atomic E-state index is 0.0748. The molecule has 3 aromatic rings. The molecule has 1 saturated heterocycles. The number of carbonyl (C=O) groups is 1. The van der Waals surface area contributed by atoms with Crippen molar-refractivity contribution in [3.63, 3.8) is 0 Å². The summed E-state index contributed by atoms with van der Waals surface area (Å²) in [7, 11) is 0. The largest absolute Gasteiger partial charge is 0.491 e. The van der Waals surface area contributed by atoms with Gasteiger partial charge in [-0.3, -0.25) is 9.48 Å². The minimum Gasteiger partial charge on any atom is -0.491 e. The summed E-state index contributed by atoms with van der Waals surface area (Å²) in [6, 6.07) is 4.79. The Morgan fingerprint density at radius 3 is 2.78 bits per heavy atom. The van der Waals surface area contributed by atoms with Crippen LogP contribution in [0.5, 0.6) is 5.75 Å². The summed E-state index contributed by atoms with van der Waals surface area (Å²) in [6.45, 7) is 5.92. The van der Waals surface area contributed by atoms with Gasteiger partial charge in [-0.05, 0) is 56.9 Å². The summed E-state index contributed by atoms with van der Waals surface area (Å²) in [4.78, 5) is 23.2. The summed E-state index contributed by atoms with van der Waals surface area (Å²) in [5, 5.41) is 7.38. The van der Waals surface area contributed by atoms with Gasteiger partial charge in [-0.15, -0.1) is 0 Å². The number of hydrogen-bond acceptors (Lipinski definition) is 6. The zero-order valence-corrected chi connectivity index (χ0v) is 18.3. The van der Waals surface area contributed by atoms with Crippen LogP contribution in [-0.2, 0) is 11.3 Å². The number of nitrogens with zero attached hydrogens (tertiary/aromatic N) is 5. The average molecular weight is 439 g/mol. The van der Waals surface area contributed by atoms with E-state index in [-0.39, 0.29) is 18.2 Å². The normalized spacial score (nSPS) is 13.8. The third kappa shape index (κ3) is 5.04. The van der Waals surface area contributed by atoms with E-state index in [0.717, 1.165) is 31.5 Å². The highest BCUT2D eigenvalue weighted by Gasteiger charge is 2.17. The highest BCUT2D eigenvalue weighted by Crippen LogP contribution is 2.27. The molecule has 0 spiro atoms. The monoisotopic (exact) mass is 438 g/mol. The Bertz CT molecular complexity index is 1090. The van der Waals surface area contributed by atoms with E-state index in [1.165, 1.54) is 12.5 Å². The molecule has 0 unspecified atom stereocenters. The van der Waals surface area contributed by atoms with E-state index in [0.29, 0.717) is 29.5 Å². The summed E-state index contributed by atoms with van der Waals surface area (Å²) < 4.78 is 21.2. The fourth-order valence-corrected chi connectivity index (χ4v) is 3.74. The van der Waals surface area contributed by atoms with Crippen molar-refractivity contribution < 1.29 is 13.9 Å². The molecular weight excluding hydrogens is 411 g/mol. The van der Waals surface area contributed by atoms with Crippen LogP contribution in [0.25, 0.3) is 11.3 Å². The lowest BCUT2D eigenvalue weighted by Gasteiger charge is -2.26. The van der Waals surface area contributed by atoms with Crippen LogP contribution in [0.1, 0.15) is 31.7 Å². The molecule has 0 aliphatic carbocycles. The maximum absolute atomic E-state index is 14.3. The minimum atomic E-state index is -0.434. The second-order valence-corrected chi connectivity index (χ2v) is 7.80. The molecule has 1 aromatic carbocycles.